The summed E-state index contributed by atoms with van der Waals surface area (Å²) in [4.78, 5) is 4.19. The second-order valence-corrected chi connectivity index (χ2v) is 6.96. The van der Waals surface area contributed by atoms with Crippen molar-refractivity contribution in [1.29, 1.82) is 0 Å². The van der Waals surface area contributed by atoms with E-state index < -0.39 is 29.0 Å². The fourth-order valence-electron chi connectivity index (χ4n) is 3.39. The Hall–Kier alpha value is -2.85. The Morgan fingerprint density at radius 2 is 1.67 bits per heavy atom. The average Bonchev–Trinajstić information content (AvgIpc) is 2.67. The summed E-state index contributed by atoms with van der Waals surface area (Å²) < 4.78 is 79.3. The first kappa shape index (κ1) is 21.8. The number of anilines is 1. The molecule has 1 saturated carbocycles. The third kappa shape index (κ3) is 5.00. The van der Waals surface area contributed by atoms with Crippen molar-refractivity contribution in [2.45, 2.75) is 50.5 Å². The fraction of sp³-hybridized carbons (Fsp3) is 0.421. The van der Waals surface area contributed by atoms with Gasteiger partial charge in [-0.1, -0.05) is 25.3 Å². The minimum absolute atomic E-state index is 0.0314. The standard InChI is InChI=1S/C19H19F6N5/c20-18(21,22)11-6-7-13(14(10-11)19(23,24)25)16-15(8-9-26)28-17(30-29-16)27-12-4-2-1-3-5-12/h6-10,12H,1-5,26H2,(H,27,28,30)/b9-8-. The van der Waals surface area contributed by atoms with Crippen molar-refractivity contribution in [3.63, 3.8) is 0 Å². The summed E-state index contributed by atoms with van der Waals surface area (Å²) in [5.74, 6) is 0.124. The van der Waals surface area contributed by atoms with Crippen LogP contribution in [0.1, 0.15) is 48.9 Å². The highest BCUT2D eigenvalue weighted by Gasteiger charge is 2.39. The summed E-state index contributed by atoms with van der Waals surface area (Å²) in [7, 11) is 0. The molecule has 0 atom stereocenters. The molecule has 3 rings (SSSR count). The molecule has 1 fully saturated rings. The molecule has 2 aromatic rings. The molecule has 1 aliphatic carbocycles. The van der Waals surface area contributed by atoms with Crippen molar-refractivity contribution in [2.24, 2.45) is 5.73 Å². The lowest BCUT2D eigenvalue weighted by atomic mass is 9.96. The molecule has 0 bridgehead atoms. The average molecular weight is 431 g/mol. The Morgan fingerprint density at radius 1 is 0.967 bits per heavy atom. The molecule has 30 heavy (non-hydrogen) atoms. The largest absolute Gasteiger partial charge is 0.417 e. The van der Waals surface area contributed by atoms with Crippen molar-refractivity contribution in [3.05, 3.63) is 41.2 Å². The summed E-state index contributed by atoms with van der Waals surface area (Å²) in [6.45, 7) is 0. The zero-order chi connectivity index (χ0) is 21.9. The van der Waals surface area contributed by atoms with Gasteiger partial charge in [0.1, 0.15) is 5.69 Å². The third-order valence-electron chi connectivity index (χ3n) is 4.81. The van der Waals surface area contributed by atoms with Crippen molar-refractivity contribution in [2.75, 3.05) is 5.32 Å². The van der Waals surface area contributed by atoms with Gasteiger partial charge in [0.05, 0.1) is 16.8 Å². The zero-order valence-electron chi connectivity index (χ0n) is 15.7. The van der Waals surface area contributed by atoms with Gasteiger partial charge in [-0.3, -0.25) is 0 Å². The Kier molecular flexibility index (Phi) is 6.18. The van der Waals surface area contributed by atoms with Crippen LogP contribution in [0.4, 0.5) is 32.3 Å². The maximum Gasteiger partial charge on any atom is 0.417 e. The van der Waals surface area contributed by atoms with Crippen LogP contribution in [0.15, 0.2) is 24.4 Å². The van der Waals surface area contributed by atoms with E-state index in [0.717, 1.165) is 44.4 Å². The van der Waals surface area contributed by atoms with Crippen LogP contribution in [0.2, 0.25) is 0 Å². The number of nitrogens with one attached hydrogen (secondary N) is 1. The van der Waals surface area contributed by atoms with E-state index in [4.69, 9.17) is 5.73 Å². The topological polar surface area (TPSA) is 76.7 Å². The van der Waals surface area contributed by atoms with E-state index >= 15 is 0 Å². The number of halogens is 6. The number of nitrogens with two attached hydrogens (primary N) is 1. The summed E-state index contributed by atoms with van der Waals surface area (Å²) in [5.41, 5.74) is 1.59. The Morgan fingerprint density at radius 3 is 2.27 bits per heavy atom. The Balaban J connectivity index is 2.05. The molecule has 162 valence electrons. The minimum atomic E-state index is -5.04. The van der Waals surface area contributed by atoms with Gasteiger partial charge < -0.3 is 11.1 Å². The first-order valence-corrected chi connectivity index (χ1v) is 9.28. The molecule has 0 amide bonds. The molecule has 5 nitrogen and oxygen atoms in total. The van der Waals surface area contributed by atoms with Crippen LogP contribution in [0.5, 0.6) is 0 Å². The Labute approximate surface area is 168 Å². The van der Waals surface area contributed by atoms with Crippen molar-refractivity contribution in [3.8, 4) is 11.3 Å². The van der Waals surface area contributed by atoms with E-state index in [1.807, 2.05) is 0 Å². The van der Waals surface area contributed by atoms with Crippen molar-refractivity contribution in [1.82, 2.24) is 15.2 Å². The zero-order valence-corrected chi connectivity index (χ0v) is 15.7. The van der Waals surface area contributed by atoms with Gasteiger partial charge in [0.25, 0.3) is 0 Å². The van der Waals surface area contributed by atoms with Crippen molar-refractivity contribution >= 4 is 12.0 Å². The first-order chi connectivity index (χ1) is 14.1. The van der Waals surface area contributed by atoms with E-state index in [1.165, 1.54) is 6.08 Å². The highest BCUT2D eigenvalue weighted by molar-refractivity contribution is 5.73. The van der Waals surface area contributed by atoms with Crippen LogP contribution < -0.4 is 11.1 Å². The summed E-state index contributed by atoms with van der Waals surface area (Å²) in [6, 6.07) is 1.47. The van der Waals surface area contributed by atoms with Gasteiger partial charge in [0.15, 0.2) is 0 Å². The van der Waals surface area contributed by atoms with Gasteiger partial charge in [-0.15, -0.1) is 10.2 Å². The normalized spacial score (nSPS) is 16.2. The van der Waals surface area contributed by atoms with Gasteiger partial charge in [-0.05, 0) is 37.3 Å². The maximum absolute atomic E-state index is 13.5. The van der Waals surface area contributed by atoms with E-state index in [0.29, 0.717) is 6.07 Å². The molecule has 1 aromatic carbocycles. The van der Waals surface area contributed by atoms with Crippen LogP contribution in [-0.2, 0) is 12.4 Å². The fourth-order valence-corrected chi connectivity index (χ4v) is 3.39. The van der Waals surface area contributed by atoms with Gasteiger partial charge in [-0.25, -0.2) is 4.98 Å². The Bertz CT molecular complexity index is 917. The number of alkyl halides is 6. The summed E-state index contributed by atoms with van der Waals surface area (Å²) in [6.07, 6.45) is -2.64. The molecule has 11 heteroatoms. The van der Waals surface area contributed by atoms with Crippen LogP contribution in [-0.4, -0.2) is 21.2 Å². The molecule has 3 N–H and O–H groups in total. The SMILES string of the molecule is N/C=C\c1nc(NC2CCCCC2)nnc1-c1ccc(C(F)(F)F)cc1C(F)(F)F. The molecule has 1 aliphatic rings. The quantitative estimate of drug-likeness (QED) is 0.647. The number of rotatable bonds is 4. The molecule has 0 radical (unpaired) electrons. The second kappa shape index (κ2) is 8.49. The minimum Gasteiger partial charge on any atom is -0.405 e. The molecular formula is C19H19F6N5. The summed E-state index contributed by atoms with van der Waals surface area (Å²) in [5, 5.41) is 10.8. The van der Waals surface area contributed by atoms with E-state index in [-0.39, 0.29) is 29.4 Å². The molecule has 0 unspecified atom stereocenters. The van der Waals surface area contributed by atoms with Gasteiger partial charge in [-0.2, -0.15) is 26.3 Å². The van der Waals surface area contributed by atoms with Crippen LogP contribution >= 0.6 is 0 Å². The molecule has 1 heterocycles. The van der Waals surface area contributed by atoms with E-state index in [1.54, 1.807) is 0 Å². The number of benzene rings is 1. The predicted molar refractivity (Wildman–Crippen MR) is 99.0 cm³/mol. The highest BCUT2D eigenvalue weighted by Crippen LogP contribution is 2.41. The number of aromatic nitrogens is 3. The molecule has 0 spiro atoms. The second-order valence-electron chi connectivity index (χ2n) is 6.96. The van der Waals surface area contributed by atoms with Crippen LogP contribution in [0, 0.1) is 0 Å². The number of hydrogen-bond donors (Lipinski definition) is 2. The first-order valence-electron chi connectivity index (χ1n) is 9.28. The van der Waals surface area contributed by atoms with Gasteiger partial charge in [0.2, 0.25) is 5.95 Å². The number of hydrogen-bond acceptors (Lipinski definition) is 5. The molecule has 0 aliphatic heterocycles. The molecule has 0 saturated heterocycles. The lowest BCUT2D eigenvalue weighted by Gasteiger charge is -2.22. The third-order valence-corrected chi connectivity index (χ3v) is 4.81. The molecule has 1 aromatic heterocycles. The predicted octanol–water partition coefficient (Wildman–Crippen LogP) is 5.25. The van der Waals surface area contributed by atoms with Gasteiger partial charge in [0, 0.05) is 11.6 Å². The van der Waals surface area contributed by atoms with Crippen molar-refractivity contribution < 1.29 is 26.3 Å². The van der Waals surface area contributed by atoms with Crippen LogP contribution in [0.3, 0.4) is 0 Å². The smallest absolute Gasteiger partial charge is 0.405 e. The van der Waals surface area contributed by atoms with E-state index in [9.17, 15) is 26.3 Å². The highest BCUT2D eigenvalue weighted by atomic mass is 19.4. The number of nitrogens with zero attached hydrogens (tertiary/aromatic N) is 3. The van der Waals surface area contributed by atoms with Gasteiger partial charge >= 0.3 is 12.4 Å². The molecular weight excluding hydrogens is 412 g/mol. The lowest BCUT2D eigenvalue weighted by molar-refractivity contribution is -0.142. The van der Waals surface area contributed by atoms with E-state index in [2.05, 4.69) is 20.5 Å². The van der Waals surface area contributed by atoms with Crippen LogP contribution in [0.25, 0.3) is 17.3 Å². The monoisotopic (exact) mass is 431 g/mol. The maximum atomic E-state index is 13.5. The summed E-state index contributed by atoms with van der Waals surface area (Å²) >= 11 is 0. The lowest BCUT2D eigenvalue weighted by Crippen LogP contribution is -2.24.